The minimum Gasteiger partial charge on any atom is -0.465 e. The van der Waals surface area contributed by atoms with E-state index in [4.69, 9.17) is 22.0 Å². The largest absolute Gasteiger partial charge is 0.465 e. The number of hydrogen-bond donors (Lipinski definition) is 3. The van der Waals surface area contributed by atoms with E-state index in [-0.39, 0.29) is 24.3 Å². The number of amides is 2. The second kappa shape index (κ2) is 11.0. The van der Waals surface area contributed by atoms with Gasteiger partial charge in [0.2, 0.25) is 5.91 Å². The van der Waals surface area contributed by atoms with Gasteiger partial charge in [-0.1, -0.05) is 30.3 Å². The summed E-state index contributed by atoms with van der Waals surface area (Å²) in [5.74, 6) is -0.679. The number of alkyl halides is 1. The highest BCUT2D eigenvalue weighted by molar-refractivity contribution is 6.17. The first-order valence-electron chi connectivity index (χ1n) is 8.77. The quantitative estimate of drug-likeness (QED) is 0.664. The molecule has 2 aromatic rings. The molecule has 152 valence electrons. The van der Waals surface area contributed by atoms with Crippen molar-refractivity contribution in [1.82, 2.24) is 10.2 Å². The molecular formula is C20H20ClFN4O3. The van der Waals surface area contributed by atoms with Crippen LogP contribution in [0.3, 0.4) is 0 Å². The van der Waals surface area contributed by atoms with E-state index in [1.54, 1.807) is 6.07 Å². The molecule has 2 aromatic carbocycles. The van der Waals surface area contributed by atoms with E-state index in [1.807, 2.05) is 30.3 Å². The maximum atomic E-state index is 13.5. The fourth-order valence-corrected chi connectivity index (χ4v) is 2.82. The Bertz CT molecular complexity index is 889. The average molecular weight is 419 g/mol. The van der Waals surface area contributed by atoms with Crippen LogP contribution in [-0.4, -0.2) is 47.7 Å². The molecule has 3 N–H and O–H groups in total. The van der Waals surface area contributed by atoms with Crippen molar-refractivity contribution in [3.63, 3.8) is 0 Å². The monoisotopic (exact) mass is 418 g/mol. The Kier molecular flexibility index (Phi) is 8.40. The van der Waals surface area contributed by atoms with Crippen LogP contribution in [0.1, 0.15) is 11.1 Å². The van der Waals surface area contributed by atoms with Crippen molar-refractivity contribution in [2.24, 2.45) is 0 Å². The molecule has 1 unspecified atom stereocenters. The molecule has 0 bridgehead atoms. The summed E-state index contributed by atoms with van der Waals surface area (Å²) in [6.07, 6.45) is -1.18. The third-order valence-corrected chi connectivity index (χ3v) is 4.45. The molecule has 1 heterocycles. The van der Waals surface area contributed by atoms with Gasteiger partial charge in [0.05, 0.1) is 5.56 Å². The molecule has 0 aromatic heterocycles. The lowest BCUT2D eigenvalue weighted by molar-refractivity contribution is -0.121. The molecule has 1 atom stereocenters. The topological polar surface area (TPSA) is 105 Å². The number of halogens is 2. The number of carboxylic acid groups (broad SMARTS) is 1. The number of nitriles is 1. The van der Waals surface area contributed by atoms with Crippen molar-refractivity contribution in [2.75, 3.05) is 25.0 Å². The van der Waals surface area contributed by atoms with Crippen LogP contribution in [0.4, 0.5) is 14.9 Å². The van der Waals surface area contributed by atoms with Crippen molar-refractivity contribution in [3.8, 4) is 6.07 Å². The Morgan fingerprint density at radius 1 is 1.31 bits per heavy atom. The predicted octanol–water partition coefficient (Wildman–Crippen LogP) is 3.01. The fraction of sp³-hybridized carbons (Fsp3) is 0.250. The molecule has 0 saturated carbocycles. The molecule has 1 fully saturated rings. The highest BCUT2D eigenvalue weighted by Gasteiger charge is 2.32. The van der Waals surface area contributed by atoms with Gasteiger partial charge >= 0.3 is 6.09 Å². The molecule has 2 amide bonds. The molecule has 7 nitrogen and oxygen atoms in total. The van der Waals surface area contributed by atoms with E-state index in [9.17, 15) is 14.0 Å². The summed E-state index contributed by atoms with van der Waals surface area (Å²) in [4.78, 5) is 24.2. The van der Waals surface area contributed by atoms with Crippen molar-refractivity contribution < 1.29 is 19.1 Å². The van der Waals surface area contributed by atoms with Gasteiger partial charge in [-0.15, -0.1) is 11.6 Å². The van der Waals surface area contributed by atoms with E-state index in [0.717, 1.165) is 11.0 Å². The van der Waals surface area contributed by atoms with Gasteiger partial charge < -0.3 is 15.7 Å². The SMILES string of the molecule is ClCc1ccccc1.N#Cc1ccc(NC(=O)C2CNCCN2C(=O)O)cc1F. The van der Waals surface area contributed by atoms with Crippen LogP contribution < -0.4 is 10.6 Å². The summed E-state index contributed by atoms with van der Waals surface area (Å²) < 4.78 is 13.5. The van der Waals surface area contributed by atoms with Gasteiger partial charge in [0.1, 0.15) is 17.9 Å². The highest BCUT2D eigenvalue weighted by atomic mass is 35.5. The van der Waals surface area contributed by atoms with Gasteiger partial charge in [-0.25, -0.2) is 9.18 Å². The number of rotatable bonds is 3. The minimum atomic E-state index is -1.18. The van der Waals surface area contributed by atoms with E-state index in [0.29, 0.717) is 12.4 Å². The number of piperazine rings is 1. The Balaban J connectivity index is 0.000000313. The summed E-state index contributed by atoms with van der Waals surface area (Å²) >= 11 is 5.53. The zero-order chi connectivity index (χ0) is 21.2. The third-order valence-electron chi connectivity index (χ3n) is 4.15. The van der Waals surface area contributed by atoms with Crippen LogP contribution in [0.25, 0.3) is 0 Å². The van der Waals surface area contributed by atoms with Gasteiger partial charge in [-0.05, 0) is 23.8 Å². The summed E-state index contributed by atoms with van der Waals surface area (Å²) in [7, 11) is 0. The molecule has 0 radical (unpaired) electrons. The number of nitrogens with one attached hydrogen (secondary N) is 2. The molecule has 1 saturated heterocycles. The van der Waals surface area contributed by atoms with E-state index in [2.05, 4.69) is 10.6 Å². The van der Waals surface area contributed by atoms with Crippen LogP contribution in [0.15, 0.2) is 48.5 Å². The molecule has 1 aliphatic heterocycles. The van der Waals surface area contributed by atoms with Crippen LogP contribution in [0, 0.1) is 17.1 Å². The lowest BCUT2D eigenvalue weighted by Crippen LogP contribution is -2.58. The molecule has 29 heavy (non-hydrogen) atoms. The zero-order valence-corrected chi connectivity index (χ0v) is 16.2. The summed E-state index contributed by atoms with van der Waals surface area (Å²) in [6.45, 7) is 0.869. The minimum absolute atomic E-state index is 0.125. The van der Waals surface area contributed by atoms with E-state index in [1.165, 1.54) is 17.7 Å². The van der Waals surface area contributed by atoms with Crippen LogP contribution in [-0.2, 0) is 10.7 Å². The molecule has 0 spiro atoms. The number of carbonyl (C=O) groups is 2. The fourth-order valence-electron chi connectivity index (χ4n) is 2.64. The first-order chi connectivity index (χ1) is 14.0. The summed E-state index contributed by atoms with van der Waals surface area (Å²) in [5.41, 5.74) is 1.22. The highest BCUT2D eigenvalue weighted by Crippen LogP contribution is 2.15. The number of anilines is 1. The second-order valence-corrected chi connectivity index (χ2v) is 6.38. The van der Waals surface area contributed by atoms with Gasteiger partial charge in [-0.3, -0.25) is 9.69 Å². The van der Waals surface area contributed by atoms with E-state index < -0.39 is 23.9 Å². The normalized spacial score (nSPS) is 15.5. The molecule has 1 aliphatic rings. The lowest BCUT2D eigenvalue weighted by atomic mass is 10.1. The molecule has 9 heteroatoms. The van der Waals surface area contributed by atoms with Crippen molar-refractivity contribution in [2.45, 2.75) is 11.9 Å². The summed E-state index contributed by atoms with van der Waals surface area (Å²) in [5, 5.41) is 23.1. The summed E-state index contributed by atoms with van der Waals surface area (Å²) in [6, 6.07) is 14.4. The molecule has 3 rings (SSSR count). The lowest BCUT2D eigenvalue weighted by Gasteiger charge is -2.32. The van der Waals surface area contributed by atoms with E-state index >= 15 is 0 Å². The van der Waals surface area contributed by atoms with Crippen molar-refractivity contribution >= 4 is 29.3 Å². The molecular weight excluding hydrogens is 399 g/mol. The second-order valence-electron chi connectivity index (χ2n) is 6.11. The van der Waals surface area contributed by atoms with Crippen LogP contribution in [0.2, 0.25) is 0 Å². The first kappa shape index (κ1) is 22.1. The Morgan fingerprint density at radius 2 is 2.03 bits per heavy atom. The average Bonchev–Trinajstić information content (AvgIpc) is 2.75. The van der Waals surface area contributed by atoms with Crippen LogP contribution in [0.5, 0.6) is 0 Å². The number of benzene rings is 2. The number of nitrogens with zero attached hydrogens (tertiary/aromatic N) is 2. The van der Waals surface area contributed by atoms with Gasteiger partial charge in [-0.2, -0.15) is 5.26 Å². The third kappa shape index (κ3) is 6.45. The number of carbonyl (C=O) groups excluding carboxylic acids is 1. The Labute approximate surface area is 172 Å². The number of hydrogen-bond acceptors (Lipinski definition) is 4. The van der Waals surface area contributed by atoms with Crippen LogP contribution >= 0.6 is 11.6 Å². The maximum Gasteiger partial charge on any atom is 0.408 e. The van der Waals surface area contributed by atoms with Crippen molar-refractivity contribution in [1.29, 1.82) is 5.26 Å². The van der Waals surface area contributed by atoms with Gasteiger partial charge in [0.15, 0.2) is 0 Å². The Hall–Kier alpha value is -3.15. The Morgan fingerprint density at radius 3 is 2.59 bits per heavy atom. The maximum absolute atomic E-state index is 13.5. The first-order valence-corrected chi connectivity index (χ1v) is 9.30. The molecule has 0 aliphatic carbocycles. The van der Waals surface area contributed by atoms with Gasteiger partial charge in [0.25, 0.3) is 0 Å². The predicted molar refractivity (Wildman–Crippen MR) is 107 cm³/mol. The zero-order valence-electron chi connectivity index (χ0n) is 15.4. The van der Waals surface area contributed by atoms with Crippen molar-refractivity contribution in [3.05, 3.63) is 65.5 Å². The standard InChI is InChI=1S/C13H13FN4O3.C7H7Cl/c14-10-5-9(2-1-8(10)6-15)17-12(19)11-7-16-3-4-18(11)13(20)21;8-6-7-4-2-1-3-5-7/h1-2,5,11,16H,3-4,7H2,(H,17,19)(H,20,21);1-5H,6H2. The van der Waals surface area contributed by atoms with Gasteiger partial charge in [0, 0.05) is 31.2 Å². The smallest absolute Gasteiger partial charge is 0.408 e.